The smallest absolute Gasteiger partial charge is 0.118 e. The van der Waals surface area contributed by atoms with Crippen molar-refractivity contribution in [2.24, 2.45) is 5.92 Å². The topological polar surface area (TPSA) is 24.5 Å². The molecular weight excluding hydrogens is 236 g/mol. The second-order valence-electron chi connectivity index (χ2n) is 5.80. The number of ether oxygens (including phenoxy) is 1. The van der Waals surface area contributed by atoms with Crippen LogP contribution in [0.4, 0.5) is 0 Å². The summed E-state index contributed by atoms with van der Waals surface area (Å²) in [6, 6.07) is 9.17. The lowest BCUT2D eigenvalue weighted by Crippen LogP contribution is -2.44. The highest BCUT2D eigenvalue weighted by Gasteiger charge is 2.33. The summed E-state index contributed by atoms with van der Waals surface area (Å²) in [4.78, 5) is 2.60. The predicted molar refractivity (Wildman–Crippen MR) is 77.7 cm³/mol. The number of nitrogens with one attached hydrogen (secondary N) is 1. The first-order chi connectivity index (χ1) is 9.35. The average Bonchev–Trinajstić information content (AvgIpc) is 2.85. The van der Waals surface area contributed by atoms with Crippen LogP contribution in [0, 0.1) is 5.92 Å². The molecular formula is C16H24N2O. The highest BCUT2D eigenvalue weighted by atomic mass is 16.5. The maximum atomic E-state index is 5.18. The molecule has 104 valence electrons. The van der Waals surface area contributed by atoms with Crippen molar-refractivity contribution in [3.8, 4) is 5.75 Å². The number of piperidine rings is 1. The van der Waals surface area contributed by atoms with E-state index in [1.807, 2.05) is 12.1 Å². The lowest BCUT2D eigenvalue weighted by Gasteiger charge is -2.31. The van der Waals surface area contributed by atoms with Crippen molar-refractivity contribution in [2.45, 2.75) is 25.3 Å². The van der Waals surface area contributed by atoms with Gasteiger partial charge in [-0.1, -0.05) is 12.1 Å². The number of fused-ring (bicyclic) bond motifs is 2. The van der Waals surface area contributed by atoms with Gasteiger partial charge in [0, 0.05) is 12.6 Å². The summed E-state index contributed by atoms with van der Waals surface area (Å²) in [6.45, 7) is 5.02. The van der Waals surface area contributed by atoms with Crippen molar-refractivity contribution >= 4 is 0 Å². The standard InChI is InChI=1S/C16H24N2O/c1-19-15-4-2-13(3-5-15)6-9-17-16-8-11-18-10-7-14(16)12-18/h2-5,14,16-17H,6-12H2,1H3. The molecule has 2 fully saturated rings. The lowest BCUT2D eigenvalue weighted by atomic mass is 9.94. The van der Waals surface area contributed by atoms with Crippen molar-refractivity contribution in [3.05, 3.63) is 29.8 Å². The fraction of sp³-hybridized carbons (Fsp3) is 0.625. The third-order valence-corrected chi connectivity index (χ3v) is 4.61. The summed E-state index contributed by atoms with van der Waals surface area (Å²) in [7, 11) is 1.71. The van der Waals surface area contributed by atoms with E-state index in [0.29, 0.717) is 0 Å². The van der Waals surface area contributed by atoms with Gasteiger partial charge in [-0.05, 0) is 62.5 Å². The Morgan fingerprint density at radius 3 is 2.79 bits per heavy atom. The van der Waals surface area contributed by atoms with Crippen LogP contribution in [0.5, 0.6) is 5.75 Å². The zero-order valence-electron chi connectivity index (χ0n) is 11.8. The monoisotopic (exact) mass is 260 g/mol. The zero-order chi connectivity index (χ0) is 13.1. The van der Waals surface area contributed by atoms with Gasteiger partial charge in [-0.3, -0.25) is 0 Å². The van der Waals surface area contributed by atoms with Crippen molar-refractivity contribution < 1.29 is 4.74 Å². The number of hydrogen-bond donors (Lipinski definition) is 1. The summed E-state index contributed by atoms with van der Waals surface area (Å²) in [5.74, 6) is 1.83. The van der Waals surface area contributed by atoms with Gasteiger partial charge in [0.15, 0.2) is 0 Å². The SMILES string of the molecule is COc1ccc(CCNC2CCN3CCC2C3)cc1. The van der Waals surface area contributed by atoms with Crippen LogP contribution in [0.15, 0.2) is 24.3 Å². The molecule has 3 nitrogen and oxygen atoms in total. The molecule has 2 aliphatic heterocycles. The van der Waals surface area contributed by atoms with Gasteiger partial charge in [0.25, 0.3) is 0 Å². The Hall–Kier alpha value is -1.06. The Morgan fingerprint density at radius 2 is 2.00 bits per heavy atom. The molecule has 0 spiro atoms. The molecule has 2 saturated heterocycles. The minimum Gasteiger partial charge on any atom is -0.497 e. The highest BCUT2D eigenvalue weighted by Crippen LogP contribution is 2.26. The molecule has 1 N–H and O–H groups in total. The number of nitrogens with zero attached hydrogens (tertiary/aromatic N) is 1. The third-order valence-electron chi connectivity index (χ3n) is 4.61. The first-order valence-electron chi connectivity index (χ1n) is 7.44. The molecule has 0 radical (unpaired) electrons. The van der Waals surface area contributed by atoms with Crippen LogP contribution in [0.3, 0.4) is 0 Å². The van der Waals surface area contributed by atoms with E-state index in [-0.39, 0.29) is 0 Å². The van der Waals surface area contributed by atoms with Crippen molar-refractivity contribution in [1.29, 1.82) is 0 Å². The molecule has 3 unspecified atom stereocenters. The van der Waals surface area contributed by atoms with Gasteiger partial charge in [0.2, 0.25) is 0 Å². The van der Waals surface area contributed by atoms with Crippen molar-refractivity contribution in [1.82, 2.24) is 10.2 Å². The number of hydrogen-bond acceptors (Lipinski definition) is 3. The summed E-state index contributed by atoms with van der Waals surface area (Å²) in [6.07, 6.45) is 3.82. The summed E-state index contributed by atoms with van der Waals surface area (Å²) in [5.41, 5.74) is 1.39. The Labute approximate surface area is 115 Å². The van der Waals surface area contributed by atoms with E-state index in [2.05, 4.69) is 22.3 Å². The van der Waals surface area contributed by atoms with Crippen LogP contribution in [0.1, 0.15) is 18.4 Å². The van der Waals surface area contributed by atoms with Gasteiger partial charge < -0.3 is 15.0 Å². The van der Waals surface area contributed by atoms with Crippen LogP contribution in [-0.2, 0) is 6.42 Å². The van der Waals surface area contributed by atoms with Gasteiger partial charge >= 0.3 is 0 Å². The van der Waals surface area contributed by atoms with Crippen LogP contribution in [-0.4, -0.2) is 44.2 Å². The molecule has 0 aromatic heterocycles. The average molecular weight is 260 g/mol. The number of methoxy groups -OCH3 is 1. The molecule has 1 aromatic carbocycles. The fourth-order valence-electron chi connectivity index (χ4n) is 3.41. The van der Waals surface area contributed by atoms with E-state index in [9.17, 15) is 0 Å². The predicted octanol–water partition coefficient (Wildman–Crippen LogP) is 1.92. The van der Waals surface area contributed by atoms with Gasteiger partial charge in [-0.25, -0.2) is 0 Å². The molecule has 0 amide bonds. The molecule has 0 aliphatic carbocycles. The quantitative estimate of drug-likeness (QED) is 0.875. The summed E-state index contributed by atoms with van der Waals surface area (Å²) in [5, 5.41) is 3.77. The van der Waals surface area contributed by atoms with Crippen LogP contribution >= 0.6 is 0 Å². The maximum Gasteiger partial charge on any atom is 0.118 e. The Bertz CT molecular complexity index is 404. The van der Waals surface area contributed by atoms with Crippen LogP contribution in [0.2, 0.25) is 0 Å². The van der Waals surface area contributed by atoms with Crippen molar-refractivity contribution in [3.63, 3.8) is 0 Å². The Kier molecular flexibility index (Phi) is 4.04. The number of rotatable bonds is 5. The third kappa shape index (κ3) is 3.10. The molecule has 3 heteroatoms. The summed E-state index contributed by atoms with van der Waals surface area (Å²) >= 11 is 0. The van der Waals surface area contributed by atoms with E-state index in [1.165, 1.54) is 38.0 Å². The van der Waals surface area contributed by atoms with Gasteiger partial charge in [0.05, 0.1) is 7.11 Å². The molecule has 3 rings (SSSR count). The molecule has 3 atom stereocenters. The van der Waals surface area contributed by atoms with Crippen molar-refractivity contribution in [2.75, 3.05) is 33.3 Å². The maximum absolute atomic E-state index is 5.18. The second kappa shape index (κ2) is 5.93. The molecule has 2 aliphatic rings. The minimum absolute atomic E-state index is 0.747. The van der Waals surface area contributed by atoms with E-state index in [0.717, 1.165) is 30.7 Å². The molecule has 2 bridgehead atoms. The normalized spacial score (nSPS) is 29.4. The largest absolute Gasteiger partial charge is 0.497 e. The fourth-order valence-corrected chi connectivity index (χ4v) is 3.41. The van der Waals surface area contributed by atoms with Crippen LogP contribution in [0.25, 0.3) is 0 Å². The Balaban J connectivity index is 1.44. The van der Waals surface area contributed by atoms with E-state index in [4.69, 9.17) is 4.74 Å². The highest BCUT2D eigenvalue weighted by molar-refractivity contribution is 5.27. The lowest BCUT2D eigenvalue weighted by molar-refractivity contribution is 0.222. The second-order valence-corrected chi connectivity index (χ2v) is 5.80. The van der Waals surface area contributed by atoms with Gasteiger partial charge in [-0.2, -0.15) is 0 Å². The molecule has 0 saturated carbocycles. The number of benzene rings is 1. The van der Waals surface area contributed by atoms with E-state index in [1.54, 1.807) is 7.11 Å². The zero-order valence-corrected chi connectivity index (χ0v) is 11.8. The minimum atomic E-state index is 0.747. The van der Waals surface area contributed by atoms with E-state index >= 15 is 0 Å². The first-order valence-corrected chi connectivity index (χ1v) is 7.44. The molecule has 1 aromatic rings. The molecule has 19 heavy (non-hydrogen) atoms. The van der Waals surface area contributed by atoms with Crippen LogP contribution < -0.4 is 10.1 Å². The first kappa shape index (κ1) is 12.9. The Morgan fingerprint density at radius 1 is 1.21 bits per heavy atom. The molecule has 2 heterocycles. The summed E-state index contributed by atoms with van der Waals surface area (Å²) < 4.78 is 5.18. The van der Waals surface area contributed by atoms with Gasteiger partial charge in [0.1, 0.15) is 5.75 Å². The van der Waals surface area contributed by atoms with Gasteiger partial charge in [-0.15, -0.1) is 0 Å². The van der Waals surface area contributed by atoms with E-state index < -0.39 is 0 Å².